The van der Waals surface area contributed by atoms with E-state index in [1.807, 2.05) is 36.5 Å². The molecule has 0 atom stereocenters. The van der Waals surface area contributed by atoms with Gasteiger partial charge >= 0.3 is 0 Å². The second kappa shape index (κ2) is 6.93. The Morgan fingerprint density at radius 1 is 1.04 bits per heavy atom. The third-order valence-electron chi connectivity index (χ3n) is 5.70. The van der Waals surface area contributed by atoms with E-state index < -0.39 is 0 Å². The van der Waals surface area contributed by atoms with Crippen LogP contribution < -0.4 is 11.5 Å². The molecule has 1 saturated heterocycles. The van der Waals surface area contributed by atoms with Crippen LogP contribution in [-0.4, -0.2) is 29.0 Å². The first-order valence-corrected chi connectivity index (χ1v) is 9.81. The van der Waals surface area contributed by atoms with Gasteiger partial charge in [0.1, 0.15) is 17.2 Å². The largest absolute Gasteiger partial charge is 0.456 e. The number of anilines is 1. The highest BCUT2D eigenvalue weighted by molar-refractivity contribution is 6.01. The van der Waals surface area contributed by atoms with Crippen LogP contribution in [0.1, 0.15) is 18.4 Å². The standard InChI is InChI=1S/C23H24N4O/c24-18-7-9-27(10-8-18)14-15-5-6-17-13-26-23(25)22(19(17)11-15)21-12-16-3-1-2-4-20(16)28-21/h1-6,11-13,18H,7-10,14,24H2,(H2,25,26). The molecular weight excluding hydrogens is 348 g/mol. The van der Waals surface area contributed by atoms with Crippen LogP contribution in [0.15, 0.2) is 59.1 Å². The summed E-state index contributed by atoms with van der Waals surface area (Å²) in [4.78, 5) is 6.87. The predicted octanol–water partition coefficient (Wildman–Crippen LogP) is 4.15. The SMILES string of the molecule is Nc1ncc2ccc(CN3CCC(N)CC3)cc2c1-c1cc2ccccc2o1. The smallest absolute Gasteiger partial charge is 0.139 e. The van der Waals surface area contributed by atoms with Crippen molar-refractivity contribution in [2.24, 2.45) is 5.73 Å². The van der Waals surface area contributed by atoms with Crippen molar-refractivity contribution in [3.8, 4) is 11.3 Å². The van der Waals surface area contributed by atoms with Gasteiger partial charge in [-0.1, -0.05) is 30.3 Å². The zero-order chi connectivity index (χ0) is 19.1. The number of nitrogens with zero attached hydrogens (tertiary/aromatic N) is 2. The first kappa shape index (κ1) is 17.2. The van der Waals surface area contributed by atoms with Gasteiger partial charge in [-0.25, -0.2) is 4.98 Å². The molecule has 1 fully saturated rings. The second-order valence-corrected chi connectivity index (χ2v) is 7.70. The number of hydrogen-bond acceptors (Lipinski definition) is 5. The molecule has 0 amide bonds. The second-order valence-electron chi connectivity index (χ2n) is 7.70. The van der Waals surface area contributed by atoms with E-state index in [1.54, 1.807) is 0 Å². The first-order chi connectivity index (χ1) is 13.7. The monoisotopic (exact) mass is 372 g/mol. The summed E-state index contributed by atoms with van der Waals surface area (Å²) in [6.07, 6.45) is 3.96. The molecule has 142 valence electrons. The number of hydrogen-bond donors (Lipinski definition) is 2. The maximum absolute atomic E-state index is 6.29. The summed E-state index contributed by atoms with van der Waals surface area (Å²) in [6.45, 7) is 3.02. The van der Waals surface area contributed by atoms with Gasteiger partial charge < -0.3 is 15.9 Å². The van der Waals surface area contributed by atoms with Gasteiger partial charge in [0.2, 0.25) is 0 Å². The Kier molecular flexibility index (Phi) is 4.26. The van der Waals surface area contributed by atoms with E-state index in [2.05, 4.69) is 28.1 Å². The number of pyridine rings is 1. The zero-order valence-corrected chi connectivity index (χ0v) is 15.8. The number of piperidine rings is 1. The van der Waals surface area contributed by atoms with Crippen molar-refractivity contribution in [2.75, 3.05) is 18.8 Å². The fourth-order valence-electron chi connectivity index (χ4n) is 4.11. The van der Waals surface area contributed by atoms with Crippen molar-refractivity contribution >= 4 is 27.6 Å². The number of nitrogen functional groups attached to an aromatic ring is 1. The predicted molar refractivity (Wildman–Crippen MR) is 114 cm³/mol. The normalized spacial score (nSPS) is 16.2. The van der Waals surface area contributed by atoms with Gasteiger partial charge in [0.25, 0.3) is 0 Å². The van der Waals surface area contributed by atoms with Gasteiger partial charge in [0.05, 0.1) is 5.56 Å². The van der Waals surface area contributed by atoms with Crippen LogP contribution in [-0.2, 0) is 6.54 Å². The number of furan rings is 1. The quantitative estimate of drug-likeness (QED) is 0.564. The Morgan fingerprint density at radius 2 is 1.86 bits per heavy atom. The van der Waals surface area contributed by atoms with Gasteiger partial charge in [-0.05, 0) is 55.1 Å². The van der Waals surface area contributed by atoms with Crippen molar-refractivity contribution < 1.29 is 4.42 Å². The summed E-state index contributed by atoms with van der Waals surface area (Å²) in [6, 6.07) is 16.9. The number of benzene rings is 2. The van der Waals surface area contributed by atoms with Crippen molar-refractivity contribution in [1.82, 2.24) is 9.88 Å². The van der Waals surface area contributed by atoms with Crippen molar-refractivity contribution in [2.45, 2.75) is 25.4 Å². The molecule has 28 heavy (non-hydrogen) atoms. The molecule has 1 aliphatic heterocycles. The lowest BCUT2D eigenvalue weighted by Crippen LogP contribution is -2.39. The molecule has 2 aromatic heterocycles. The minimum atomic E-state index is 0.346. The Bertz CT molecular complexity index is 1110. The van der Waals surface area contributed by atoms with Crippen LogP contribution in [0.4, 0.5) is 5.82 Å². The van der Waals surface area contributed by atoms with Crippen molar-refractivity contribution in [3.63, 3.8) is 0 Å². The van der Waals surface area contributed by atoms with Crippen molar-refractivity contribution in [1.29, 1.82) is 0 Å². The van der Waals surface area contributed by atoms with Gasteiger partial charge in [-0.15, -0.1) is 0 Å². The first-order valence-electron chi connectivity index (χ1n) is 9.81. The lowest BCUT2D eigenvalue weighted by atomic mass is 10.0. The third-order valence-corrected chi connectivity index (χ3v) is 5.70. The van der Waals surface area contributed by atoms with Crippen LogP contribution in [0, 0.1) is 0 Å². The van der Waals surface area contributed by atoms with Gasteiger partial charge in [0, 0.05) is 29.6 Å². The fourth-order valence-corrected chi connectivity index (χ4v) is 4.11. The summed E-state index contributed by atoms with van der Waals surface area (Å²) in [5.74, 6) is 1.26. The molecular formula is C23H24N4O. The number of fused-ring (bicyclic) bond motifs is 2. The lowest BCUT2D eigenvalue weighted by Gasteiger charge is -2.30. The summed E-state index contributed by atoms with van der Waals surface area (Å²) in [5.41, 5.74) is 15.3. The Labute approximate surface area is 163 Å². The van der Waals surface area contributed by atoms with Crippen molar-refractivity contribution in [3.05, 3.63) is 60.3 Å². The summed E-state index contributed by atoms with van der Waals surface area (Å²) in [5, 5.41) is 3.21. The number of aromatic nitrogens is 1. The van der Waals surface area contributed by atoms with E-state index in [0.29, 0.717) is 11.9 Å². The molecule has 3 heterocycles. The van der Waals surface area contributed by atoms with E-state index in [4.69, 9.17) is 15.9 Å². The highest BCUT2D eigenvalue weighted by atomic mass is 16.3. The molecule has 0 aliphatic carbocycles. The highest BCUT2D eigenvalue weighted by Gasteiger charge is 2.18. The van der Waals surface area contributed by atoms with Crippen LogP contribution in [0.25, 0.3) is 33.1 Å². The van der Waals surface area contributed by atoms with E-state index >= 15 is 0 Å². The van der Waals surface area contributed by atoms with Gasteiger partial charge in [0.15, 0.2) is 0 Å². The molecule has 0 radical (unpaired) electrons. The number of rotatable bonds is 3. The minimum absolute atomic E-state index is 0.346. The molecule has 4 N–H and O–H groups in total. The third kappa shape index (κ3) is 3.13. The van der Waals surface area contributed by atoms with E-state index in [-0.39, 0.29) is 0 Å². The molecule has 2 aromatic carbocycles. The topological polar surface area (TPSA) is 81.3 Å². The molecule has 0 spiro atoms. The molecule has 4 aromatic rings. The van der Waals surface area contributed by atoms with Crippen LogP contribution >= 0.6 is 0 Å². The molecule has 1 aliphatic rings. The number of para-hydroxylation sites is 1. The molecule has 0 bridgehead atoms. The number of nitrogens with two attached hydrogens (primary N) is 2. The summed E-state index contributed by atoms with van der Waals surface area (Å²) < 4.78 is 6.10. The zero-order valence-electron chi connectivity index (χ0n) is 15.8. The average molecular weight is 372 g/mol. The van der Waals surface area contributed by atoms with Crippen LogP contribution in [0.3, 0.4) is 0 Å². The lowest BCUT2D eigenvalue weighted by molar-refractivity contribution is 0.206. The highest BCUT2D eigenvalue weighted by Crippen LogP contribution is 2.36. The Balaban J connectivity index is 1.57. The maximum atomic E-state index is 6.29. The maximum Gasteiger partial charge on any atom is 0.139 e. The Morgan fingerprint density at radius 3 is 2.68 bits per heavy atom. The molecule has 5 rings (SSSR count). The number of likely N-dealkylation sites (tertiary alicyclic amines) is 1. The summed E-state index contributed by atoms with van der Waals surface area (Å²) >= 11 is 0. The minimum Gasteiger partial charge on any atom is -0.456 e. The average Bonchev–Trinajstić information content (AvgIpc) is 3.13. The van der Waals surface area contributed by atoms with E-state index in [1.165, 1.54) is 5.56 Å². The van der Waals surface area contributed by atoms with Gasteiger partial charge in [-0.3, -0.25) is 4.90 Å². The fraction of sp³-hybridized carbons (Fsp3) is 0.261. The van der Waals surface area contributed by atoms with Gasteiger partial charge in [-0.2, -0.15) is 0 Å². The molecule has 5 nitrogen and oxygen atoms in total. The molecule has 0 saturated carbocycles. The molecule has 0 unspecified atom stereocenters. The van der Waals surface area contributed by atoms with Crippen LogP contribution in [0.2, 0.25) is 0 Å². The van der Waals surface area contributed by atoms with Crippen LogP contribution in [0.5, 0.6) is 0 Å². The van der Waals surface area contributed by atoms with E-state index in [9.17, 15) is 0 Å². The van der Waals surface area contributed by atoms with E-state index in [0.717, 1.165) is 65.5 Å². The Hall–Kier alpha value is -2.89. The molecule has 5 heteroatoms. The summed E-state index contributed by atoms with van der Waals surface area (Å²) in [7, 11) is 0.